The minimum absolute atomic E-state index is 0.638. The fourth-order valence-electron chi connectivity index (χ4n) is 3.77. The van der Waals surface area contributed by atoms with Crippen molar-refractivity contribution in [2.24, 2.45) is 0 Å². The van der Waals surface area contributed by atoms with Gasteiger partial charge in [0.05, 0.1) is 13.1 Å². The minimum Gasteiger partial charge on any atom is -0.338 e. The van der Waals surface area contributed by atoms with Crippen LogP contribution in [-0.4, -0.2) is 56.3 Å². The van der Waals surface area contributed by atoms with E-state index in [2.05, 4.69) is 68.2 Å². The van der Waals surface area contributed by atoms with Crippen LogP contribution in [0.2, 0.25) is 0 Å². The second-order valence-corrected chi connectivity index (χ2v) is 8.31. The van der Waals surface area contributed by atoms with Crippen LogP contribution in [0.5, 0.6) is 0 Å². The van der Waals surface area contributed by atoms with Gasteiger partial charge in [-0.25, -0.2) is 0 Å². The van der Waals surface area contributed by atoms with E-state index in [9.17, 15) is 0 Å². The van der Waals surface area contributed by atoms with E-state index < -0.39 is 0 Å². The van der Waals surface area contributed by atoms with Crippen molar-refractivity contribution in [3.05, 3.63) is 71.4 Å². The quantitative estimate of drug-likeness (QED) is 0.458. The molecule has 1 aliphatic rings. The molecule has 0 unspecified atom stereocenters. The molecule has 1 saturated heterocycles. The third-order valence-electron chi connectivity index (χ3n) is 5.74. The smallest absolute Gasteiger partial charge is 0.241 e. The number of hydrogen-bond donors (Lipinski definition) is 0. The van der Waals surface area contributed by atoms with Crippen molar-refractivity contribution in [3.8, 4) is 22.8 Å². The fourth-order valence-corrected chi connectivity index (χ4v) is 3.77. The molecule has 0 amide bonds. The summed E-state index contributed by atoms with van der Waals surface area (Å²) < 4.78 is 11.0. The van der Waals surface area contributed by atoms with E-state index in [0.29, 0.717) is 36.5 Å². The Labute approximate surface area is 186 Å². The molecule has 0 aliphatic carbocycles. The lowest BCUT2D eigenvalue weighted by Crippen LogP contribution is -2.45. The van der Waals surface area contributed by atoms with Crippen LogP contribution < -0.4 is 0 Å². The zero-order valence-electron chi connectivity index (χ0n) is 18.4. The Balaban J connectivity index is 1.13. The summed E-state index contributed by atoms with van der Waals surface area (Å²) in [5.41, 5.74) is 4.37. The van der Waals surface area contributed by atoms with Gasteiger partial charge in [-0.2, -0.15) is 9.97 Å². The van der Waals surface area contributed by atoms with Gasteiger partial charge in [0.15, 0.2) is 0 Å². The van der Waals surface area contributed by atoms with Crippen LogP contribution in [0, 0.1) is 13.8 Å². The molecule has 0 spiro atoms. The van der Waals surface area contributed by atoms with E-state index >= 15 is 0 Å². The van der Waals surface area contributed by atoms with Crippen LogP contribution >= 0.6 is 0 Å². The first-order chi connectivity index (χ1) is 15.6. The van der Waals surface area contributed by atoms with E-state index in [4.69, 9.17) is 9.05 Å². The predicted octanol–water partition coefficient (Wildman–Crippen LogP) is 3.72. The summed E-state index contributed by atoms with van der Waals surface area (Å²) in [7, 11) is 0. The molecule has 0 bridgehead atoms. The molecule has 8 heteroatoms. The SMILES string of the molecule is Cc1ccc(-c2noc(CN3CCN(Cc4nc(-c5ccc(C)cc5)no4)CC3)n2)cc1. The highest BCUT2D eigenvalue weighted by atomic mass is 16.5. The summed E-state index contributed by atoms with van der Waals surface area (Å²) >= 11 is 0. The lowest BCUT2D eigenvalue weighted by atomic mass is 10.1. The van der Waals surface area contributed by atoms with Crippen LogP contribution in [0.3, 0.4) is 0 Å². The van der Waals surface area contributed by atoms with Crippen LogP contribution in [0.1, 0.15) is 22.9 Å². The van der Waals surface area contributed by atoms with Gasteiger partial charge in [-0.15, -0.1) is 0 Å². The van der Waals surface area contributed by atoms with Gasteiger partial charge >= 0.3 is 0 Å². The van der Waals surface area contributed by atoms with Crippen molar-refractivity contribution in [3.63, 3.8) is 0 Å². The van der Waals surface area contributed by atoms with Gasteiger partial charge in [0.25, 0.3) is 0 Å². The summed E-state index contributed by atoms with van der Waals surface area (Å²) in [5.74, 6) is 2.57. The molecule has 0 atom stereocenters. The number of hydrogen-bond acceptors (Lipinski definition) is 8. The van der Waals surface area contributed by atoms with E-state index in [0.717, 1.165) is 37.3 Å². The summed E-state index contributed by atoms with van der Waals surface area (Å²) in [4.78, 5) is 13.8. The molecule has 0 N–H and O–H groups in total. The van der Waals surface area contributed by atoms with Gasteiger partial charge in [0.1, 0.15) is 0 Å². The molecule has 32 heavy (non-hydrogen) atoms. The molecule has 5 rings (SSSR count). The second kappa shape index (κ2) is 9.02. The Morgan fingerprint density at radius 2 is 1.00 bits per heavy atom. The first-order valence-corrected chi connectivity index (χ1v) is 10.9. The first kappa shape index (κ1) is 20.5. The van der Waals surface area contributed by atoms with E-state index in [-0.39, 0.29) is 0 Å². The van der Waals surface area contributed by atoms with Gasteiger partial charge < -0.3 is 9.05 Å². The third-order valence-corrected chi connectivity index (χ3v) is 5.74. The molecule has 164 valence electrons. The Hall–Kier alpha value is -3.36. The Kier molecular flexibility index (Phi) is 5.79. The molecule has 1 fully saturated rings. The van der Waals surface area contributed by atoms with E-state index in [1.54, 1.807) is 0 Å². The maximum absolute atomic E-state index is 5.48. The van der Waals surface area contributed by atoms with Gasteiger partial charge in [-0.05, 0) is 13.8 Å². The van der Waals surface area contributed by atoms with Crippen molar-refractivity contribution in [2.75, 3.05) is 26.2 Å². The summed E-state index contributed by atoms with van der Waals surface area (Å²) in [5, 5.41) is 8.27. The molecule has 2 aromatic heterocycles. The maximum Gasteiger partial charge on any atom is 0.241 e. The highest BCUT2D eigenvalue weighted by Crippen LogP contribution is 2.19. The number of piperazine rings is 1. The second-order valence-electron chi connectivity index (χ2n) is 8.31. The zero-order chi connectivity index (χ0) is 21.9. The van der Waals surface area contributed by atoms with Crippen molar-refractivity contribution < 1.29 is 9.05 Å². The summed E-state index contributed by atoms with van der Waals surface area (Å²) in [6, 6.07) is 16.3. The topological polar surface area (TPSA) is 84.3 Å². The minimum atomic E-state index is 0.638. The maximum atomic E-state index is 5.48. The predicted molar refractivity (Wildman–Crippen MR) is 119 cm³/mol. The van der Waals surface area contributed by atoms with Crippen LogP contribution in [0.25, 0.3) is 22.8 Å². The Bertz CT molecular complexity index is 1060. The first-order valence-electron chi connectivity index (χ1n) is 10.9. The normalized spacial score (nSPS) is 15.3. The van der Waals surface area contributed by atoms with Crippen molar-refractivity contribution in [1.29, 1.82) is 0 Å². The third kappa shape index (κ3) is 4.76. The van der Waals surface area contributed by atoms with Crippen LogP contribution in [0.4, 0.5) is 0 Å². The van der Waals surface area contributed by atoms with Gasteiger partial charge in [0, 0.05) is 37.3 Å². The fraction of sp³-hybridized carbons (Fsp3) is 0.333. The zero-order valence-corrected chi connectivity index (χ0v) is 18.4. The number of aryl methyl sites for hydroxylation is 2. The van der Waals surface area contributed by atoms with Crippen molar-refractivity contribution in [2.45, 2.75) is 26.9 Å². The van der Waals surface area contributed by atoms with Crippen molar-refractivity contribution in [1.82, 2.24) is 30.1 Å². The lowest BCUT2D eigenvalue weighted by molar-refractivity contribution is 0.103. The molecule has 2 aromatic carbocycles. The van der Waals surface area contributed by atoms with E-state index in [1.807, 2.05) is 24.3 Å². The Morgan fingerprint density at radius 1 is 0.625 bits per heavy atom. The van der Waals surface area contributed by atoms with Gasteiger partial charge in [-0.1, -0.05) is 70.0 Å². The van der Waals surface area contributed by atoms with E-state index in [1.165, 1.54) is 11.1 Å². The number of rotatable bonds is 6. The molecule has 4 aromatic rings. The molecule has 8 nitrogen and oxygen atoms in total. The highest BCUT2D eigenvalue weighted by molar-refractivity contribution is 5.55. The summed E-state index contributed by atoms with van der Waals surface area (Å²) in [6.07, 6.45) is 0. The number of benzene rings is 2. The average molecular weight is 431 g/mol. The molecule has 3 heterocycles. The molecule has 0 radical (unpaired) electrons. The lowest BCUT2D eigenvalue weighted by Gasteiger charge is -2.32. The molecule has 1 aliphatic heterocycles. The van der Waals surface area contributed by atoms with Gasteiger partial charge in [0.2, 0.25) is 23.4 Å². The van der Waals surface area contributed by atoms with Crippen LogP contribution in [0.15, 0.2) is 57.6 Å². The number of nitrogens with zero attached hydrogens (tertiary/aromatic N) is 6. The largest absolute Gasteiger partial charge is 0.338 e. The summed E-state index contributed by atoms with van der Waals surface area (Å²) in [6.45, 7) is 9.11. The van der Waals surface area contributed by atoms with Crippen molar-refractivity contribution >= 4 is 0 Å². The molecular formula is C24H26N6O2. The Morgan fingerprint density at radius 3 is 1.38 bits per heavy atom. The average Bonchev–Trinajstić information content (AvgIpc) is 3.46. The molecular weight excluding hydrogens is 404 g/mol. The highest BCUT2D eigenvalue weighted by Gasteiger charge is 2.21. The van der Waals surface area contributed by atoms with Gasteiger partial charge in [-0.3, -0.25) is 9.80 Å². The standard InChI is InChI=1S/C24H26N6O2/c1-17-3-7-19(8-4-17)23-25-21(31-27-23)15-29-11-13-30(14-12-29)16-22-26-24(28-32-22)20-9-5-18(2)6-10-20/h3-10H,11-16H2,1-2H3. The monoisotopic (exact) mass is 430 g/mol. The van der Waals surface area contributed by atoms with Crippen LogP contribution in [-0.2, 0) is 13.1 Å². The molecule has 0 saturated carbocycles. The number of aromatic nitrogens is 4.